The van der Waals surface area contributed by atoms with Gasteiger partial charge in [-0.1, -0.05) is 24.4 Å². The second-order valence-electron chi connectivity index (χ2n) is 4.84. The molecule has 3 rings (SSSR count). The van der Waals surface area contributed by atoms with Gasteiger partial charge in [0.1, 0.15) is 5.65 Å². The zero-order chi connectivity index (χ0) is 11.9. The fourth-order valence-corrected chi connectivity index (χ4v) is 3.05. The van der Waals surface area contributed by atoms with E-state index in [2.05, 4.69) is 9.55 Å². The third-order valence-electron chi connectivity index (χ3n) is 3.83. The molecule has 2 aromatic heterocycles. The van der Waals surface area contributed by atoms with Crippen LogP contribution in [0.2, 0.25) is 5.02 Å². The van der Waals surface area contributed by atoms with E-state index < -0.39 is 0 Å². The predicted octanol–water partition coefficient (Wildman–Crippen LogP) is 2.95. The lowest BCUT2D eigenvalue weighted by atomic mass is 9.99. The number of fused-ring (bicyclic) bond motifs is 1. The Kier molecular flexibility index (Phi) is 2.60. The summed E-state index contributed by atoms with van der Waals surface area (Å²) in [6.45, 7) is 0.182. The van der Waals surface area contributed by atoms with Gasteiger partial charge in [-0.05, 0) is 25.0 Å². The number of nitrogens with zero attached hydrogens (tertiary/aromatic N) is 2. The van der Waals surface area contributed by atoms with E-state index in [0.29, 0.717) is 5.02 Å². The molecule has 0 spiro atoms. The molecule has 0 aliphatic heterocycles. The first-order valence-corrected chi connectivity index (χ1v) is 6.37. The fourth-order valence-electron chi connectivity index (χ4n) is 2.89. The van der Waals surface area contributed by atoms with E-state index in [1.54, 1.807) is 6.20 Å². The average molecular weight is 251 g/mol. The van der Waals surface area contributed by atoms with Crippen LogP contribution in [0.3, 0.4) is 0 Å². The zero-order valence-corrected chi connectivity index (χ0v) is 10.3. The maximum Gasteiger partial charge on any atom is 0.140 e. The Hall–Kier alpha value is -1.06. The maximum absolute atomic E-state index is 9.73. The van der Waals surface area contributed by atoms with Gasteiger partial charge >= 0.3 is 0 Å². The van der Waals surface area contributed by atoms with Crippen molar-refractivity contribution in [3.8, 4) is 0 Å². The number of aliphatic hydroxyl groups excluding tert-OH is 1. The van der Waals surface area contributed by atoms with Crippen LogP contribution in [0.4, 0.5) is 0 Å². The monoisotopic (exact) mass is 250 g/mol. The third-order valence-corrected chi connectivity index (χ3v) is 4.04. The molecule has 2 aromatic rings. The molecule has 1 aliphatic carbocycles. The smallest absolute Gasteiger partial charge is 0.140 e. The maximum atomic E-state index is 9.73. The number of hydrogen-bond donors (Lipinski definition) is 1. The van der Waals surface area contributed by atoms with Crippen molar-refractivity contribution >= 4 is 22.6 Å². The van der Waals surface area contributed by atoms with Crippen LogP contribution in [0.15, 0.2) is 24.5 Å². The molecule has 0 bridgehead atoms. The molecule has 90 valence electrons. The topological polar surface area (TPSA) is 38.0 Å². The second-order valence-corrected chi connectivity index (χ2v) is 5.28. The van der Waals surface area contributed by atoms with E-state index in [-0.39, 0.29) is 12.1 Å². The van der Waals surface area contributed by atoms with Crippen LogP contribution in [0, 0.1) is 0 Å². The van der Waals surface area contributed by atoms with Gasteiger partial charge in [-0.15, -0.1) is 0 Å². The summed E-state index contributed by atoms with van der Waals surface area (Å²) in [5.74, 6) is 0. The van der Waals surface area contributed by atoms with E-state index in [4.69, 9.17) is 11.6 Å². The summed E-state index contributed by atoms with van der Waals surface area (Å²) in [5.41, 5.74) is 0.771. The highest BCUT2D eigenvalue weighted by Crippen LogP contribution is 2.38. The summed E-state index contributed by atoms with van der Waals surface area (Å²) >= 11 is 5.94. The van der Waals surface area contributed by atoms with Crippen molar-refractivity contribution in [2.45, 2.75) is 31.2 Å². The summed E-state index contributed by atoms with van der Waals surface area (Å²) < 4.78 is 2.13. The van der Waals surface area contributed by atoms with Crippen LogP contribution in [0.5, 0.6) is 0 Å². The van der Waals surface area contributed by atoms with Crippen LogP contribution in [0.1, 0.15) is 25.7 Å². The van der Waals surface area contributed by atoms with E-state index >= 15 is 0 Å². The Labute approximate surface area is 105 Å². The molecule has 0 unspecified atom stereocenters. The molecule has 3 nitrogen and oxygen atoms in total. The second kappa shape index (κ2) is 4.00. The Bertz CT molecular complexity index is 543. The molecule has 0 radical (unpaired) electrons. The molecule has 17 heavy (non-hydrogen) atoms. The average Bonchev–Trinajstić information content (AvgIpc) is 2.94. The number of aromatic nitrogens is 2. The standard InChI is InChI=1S/C13H15ClN2O/c14-11-7-10-3-6-16(12(10)15-8-11)13(9-17)4-1-2-5-13/h3,6-8,17H,1-2,4-5,9H2. The van der Waals surface area contributed by atoms with Crippen LogP contribution in [0.25, 0.3) is 11.0 Å². The lowest BCUT2D eigenvalue weighted by molar-refractivity contribution is 0.140. The highest BCUT2D eigenvalue weighted by atomic mass is 35.5. The highest BCUT2D eigenvalue weighted by molar-refractivity contribution is 6.31. The Balaban J connectivity index is 2.17. The minimum atomic E-state index is -0.150. The summed E-state index contributed by atoms with van der Waals surface area (Å²) in [6.07, 6.45) is 8.09. The van der Waals surface area contributed by atoms with E-state index in [9.17, 15) is 5.11 Å². The molecule has 0 amide bonds. The number of aliphatic hydroxyl groups is 1. The first-order chi connectivity index (χ1) is 8.25. The van der Waals surface area contributed by atoms with Crippen LogP contribution in [-0.4, -0.2) is 21.3 Å². The van der Waals surface area contributed by atoms with Crippen molar-refractivity contribution in [2.24, 2.45) is 0 Å². The molecule has 1 saturated carbocycles. The van der Waals surface area contributed by atoms with Gasteiger partial charge in [0.15, 0.2) is 0 Å². The van der Waals surface area contributed by atoms with Crippen molar-refractivity contribution < 1.29 is 5.11 Å². The van der Waals surface area contributed by atoms with Crippen molar-refractivity contribution in [1.82, 2.24) is 9.55 Å². The SMILES string of the molecule is OCC1(n2ccc3cc(Cl)cnc32)CCCC1. The minimum Gasteiger partial charge on any atom is -0.394 e. The van der Waals surface area contributed by atoms with Crippen LogP contribution < -0.4 is 0 Å². The van der Waals surface area contributed by atoms with Crippen molar-refractivity contribution in [3.05, 3.63) is 29.5 Å². The number of halogens is 1. The van der Waals surface area contributed by atoms with Gasteiger partial charge in [0.2, 0.25) is 0 Å². The first-order valence-electron chi connectivity index (χ1n) is 5.99. The normalized spacial score (nSPS) is 18.9. The van der Waals surface area contributed by atoms with Gasteiger partial charge in [-0.25, -0.2) is 4.98 Å². The zero-order valence-electron chi connectivity index (χ0n) is 9.56. The molecule has 4 heteroatoms. The largest absolute Gasteiger partial charge is 0.394 e. The number of rotatable bonds is 2. The molecule has 0 atom stereocenters. The quantitative estimate of drug-likeness (QED) is 0.890. The molecular weight excluding hydrogens is 236 g/mol. The third kappa shape index (κ3) is 1.65. The Morgan fingerprint density at radius 1 is 1.41 bits per heavy atom. The van der Waals surface area contributed by atoms with Crippen LogP contribution in [-0.2, 0) is 5.54 Å². The summed E-state index contributed by atoms with van der Waals surface area (Å²) in [5, 5.41) is 11.4. The minimum absolute atomic E-state index is 0.150. The summed E-state index contributed by atoms with van der Waals surface area (Å²) in [7, 11) is 0. The molecule has 1 N–H and O–H groups in total. The number of pyridine rings is 1. The van der Waals surface area contributed by atoms with Crippen LogP contribution >= 0.6 is 11.6 Å². The molecule has 1 aliphatic rings. The van der Waals surface area contributed by atoms with E-state index in [0.717, 1.165) is 23.9 Å². The van der Waals surface area contributed by atoms with Gasteiger partial charge in [0, 0.05) is 17.8 Å². The van der Waals surface area contributed by atoms with Gasteiger partial charge < -0.3 is 9.67 Å². The van der Waals surface area contributed by atoms with Crippen molar-refractivity contribution in [1.29, 1.82) is 0 Å². The molecule has 1 fully saturated rings. The van der Waals surface area contributed by atoms with Gasteiger partial charge in [-0.3, -0.25) is 0 Å². The Morgan fingerprint density at radius 2 is 2.18 bits per heavy atom. The van der Waals surface area contributed by atoms with E-state index in [1.807, 2.05) is 18.3 Å². The molecule has 0 saturated heterocycles. The van der Waals surface area contributed by atoms with Crippen molar-refractivity contribution in [3.63, 3.8) is 0 Å². The summed E-state index contributed by atoms with van der Waals surface area (Å²) in [6, 6.07) is 3.93. The fraction of sp³-hybridized carbons (Fsp3) is 0.462. The van der Waals surface area contributed by atoms with Gasteiger partial charge in [0.25, 0.3) is 0 Å². The molecular formula is C13H15ClN2O. The van der Waals surface area contributed by atoms with Gasteiger partial charge in [-0.2, -0.15) is 0 Å². The van der Waals surface area contributed by atoms with Crippen molar-refractivity contribution in [2.75, 3.05) is 6.61 Å². The predicted molar refractivity (Wildman–Crippen MR) is 68.3 cm³/mol. The van der Waals surface area contributed by atoms with E-state index in [1.165, 1.54) is 12.8 Å². The summed E-state index contributed by atoms with van der Waals surface area (Å²) in [4.78, 5) is 4.40. The highest BCUT2D eigenvalue weighted by Gasteiger charge is 2.35. The molecule has 2 heterocycles. The Morgan fingerprint density at radius 3 is 2.88 bits per heavy atom. The lowest BCUT2D eigenvalue weighted by Gasteiger charge is -2.29. The molecule has 0 aromatic carbocycles. The lowest BCUT2D eigenvalue weighted by Crippen LogP contribution is -2.33. The first kappa shape index (κ1) is 11.1. The number of hydrogen-bond acceptors (Lipinski definition) is 2. The van der Waals surface area contributed by atoms with Gasteiger partial charge in [0.05, 0.1) is 17.2 Å².